The van der Waals surface area contributed by atoms with Crippen molar-refractivity contribution in [2.45, 2.75) is 111 Å². The Morgan fingerprint density at radius 3 is 2.36 bits per heavy atom. The fourth-order valence-electron chi connectivity index (χ4n) is 9.04. The lowest BCUT2D eigenvalue weighted by atomic mass is 9.85. The molecule has 23 heteroatoms. The van der Waals surface area contributed by atoms with Crippen LogP contribution in [0.15, 0.2) is 90.8 Å². The Bertz CT molecular complexity index is 3010. The van der Waals surface area contributed by atoms with Crippen molar-refractivity contribution >= 4 is 46.6 Å². The van der Waals surface area contributed by atoms with Gasteiger partial charge in [-0.05, 0) is 79.1 Å². The van der Waals surface area contributed by atoms with Crippen LogP contribution in [0.4, 0.5) is 14.5 Å². The lowest BCUT2D eigenvalue weighted by molar-refractivity contribution is -0.144. The molecule has 0 radical (unpaired) electrons. The van der Waals surface area contributed by atoms with E-state index in [0.29, 0.717) is 67.6 Å². The highest BCUT2D eigenvalue weighted by molar-refractivity contribution is 7.13. The highest BCUT2D eigenvalue weighted by atomic mass is 32.1. The number of anilines is 1. The normalized spacial score (nSPS) is 14.6. The molecular formula is C57H70F2N12O8S. The van der Waals surface area contributed by atoms with Gasteiger partial charge in [-0.1, -0.05) is 63.6 Å². The van der Waals surface area contributed by atoms with E-state index >= 15 is 0 Å². The first kappa shape index (κ1) is 60.0. The predicted molar refractivity (Wildman–Crippen MR) is 296 cm³/mol. The van der Waals surface area contributed by atoms with Crippen LogP contribution in [-0.4, -0.2) is 139 Å². The van der Waals surface area contributed by atoms with Gasteiger partial charge in [0.25, 0.3) is 5.91 Å². The third kappa shape index (κ3) is 17.0. The molecule has 1 unspecified atom stereocenters. The monoisotopic (exact) mass is 1120 g/mol. The second-order valence-electron chi connectivity index (χ2n) is 20.6. The summed E-state index contributed by atoms with van der Waals surface area (Å²) in [6.45, 7) is 9.01. The Hall–Kier alpha value is -7.60. The van der Waals surface area contributed by atoms with E-state index in [-0.39, 0.29) is 69.8 Å². The van der Waals surface area contributed by atoms with Crippen LogP contribution in [0.2, 0.25) is 0 Å². The third-order valence-electron chi connectivity index (χ3n) is 13.5. The zero-order chi connectivity index (χ0) is 57.2. The van der Waals surface area contributed by atoms with Gasteiger partial charge in [-0.3, -0.25) is 24.0 Å². The number of nitrogens with zero attached hydrogens (tertiary/aromatic N) is 8. The molecule has 3 aromatic heterocycles. The minimum Gasteiger partial charge on any atom is -0.391 e. The van der Waals surface area contributed by atoms with Crippen LogP contribution in [0.5, 0.6) is 0 Å². The summed E-state index contributed by atoms with van der Waals surface area (Å²) in [5, 5.41) is 31.0. The third-order valence-corrected chi connectivity index (χ3v) is 14.5. The van der Waals surface area contributed by atoms with Gasteiger partial charge in [-0.25, -0.2) is 23.7 Å². The number of carbonyl (C=O) groups excluding carboxylic acids is 5. The maximum absolute atomic E-state index is 14.1. The number of benzene rings is 3. The minimum atomic E-state index is -0.989. The number of aryl methyl sites for hydroxylation is 1. The van der Waals surface area contributed by atoms with Crippen LogP contribution >= 0.6 is 11.3 Å². The second kappa shape index (κ2) is 29.0. The fraction of sp³-hybridized carbons (Fsp3) is 0.439. The maximum Gasteiger partial charge on any atom is 0.251 e. The van der Waals surface area contributed by atoms with Crippen molar-refractivity contribution in [1.82, 2.24) is 55.5 Å². The molecule has 3 aromatic carbocycles. The first-order valence-electron chi connectivity index (χ1n) is 26.6. The smallest absolute Gasteiger partial charge is 0.251 e. The van der Waals surface area contributed by atoms with E-state index in [0.717, 1.165) is 46.7 Å². The van der Waals surface area contributed by atoms with Gasteiger partial charge in [0.2, 0.25) is 23.6 Å². The molecule has 5 amide bonds. The molecule has 0 saturated carbocycles. The van der Waals surface area contributed by atoms with Crippen molar-refractivity contribution in [3.63, 3.8) is 0 Å². The number of thiazole rings is 1. The molecule has 0 spiro atoms. The average molecular weight is 1120 g/mol. The Balaban J connectivity index is 0.771. The van der Waals surface area contributed by atoms with Crippen LogP contribution in [-0.2, 0) is 54.8 Å². The van der Waals surface area contributed by atoms with Crippen molar-refractivity contribution in [1.29, 1.82) is 0 Å². The van der Waals surface area contributed by atoms with E-state index in [2.05, 4.69) is 46.4 Å². The molecule has 7 rings (SSSR count). The molecule has 20 nitrogen and oxygen atoms in total. The number of carbonyl (C=O) groups is 5. The standard InChI is InChI=1S/C57H70F2N12O8S/c1-37-51(80-36-65-37)39-19-17-38(18-20-39)30-62-55(76)47-29-42(72)33-71(47)56(77)52(57(2,3)4)66-49(73)34-79-27-26-78-25-8-6-7-16-50(74)69(5)23-11-24-70-48(67-68-53(70)46-21-22-60-35-64-46)32-61-41-13-9-12-40(28-41)54(75)63-31-43-44(58)14-10-15-45(43)59/h9-10,12-15,17-22,28,35-36,42,47,52,61,72H,6-8,11,16,23-27,29-34H2,1-5H3,(H,62,76)(H,63,75)(H,66,73)/t42-,47+,52?/m1/s1. The zero-order valence-electron chi connectivity index (χ0n) is 45.8. The van der Waals surface area contributed by atoms with Gasteiger partial charge in [0.15, 0.2) is 11.6 Å². The van der Waals surface area contributed by atoms with Gasteiger partial charge in [0, 0.05) is 82.2 Å². The van der Waals surface area contributed by atoms with Gasteiger partial charge in [-0.2, -0.15) is 0 Å². The molecule has 0 aliphatic carbocycles. The zero-order valence-corrected chi connectivity index (χ0v) is 46.6. The van der Waals surface area contributed by atoms with Gasteiger partial charge in [0.05, 0.1) is 41.9 Å². The lowest BCUT2D eigenvalue weighted by Crippen LogP contribution is -2.58. The number of aromatic nitrogens is 6. The number of hydrogen-bond donors (Lipinski definition) is 5. The number of aliphatic hydroxyl groups is 1. The maximum atomic E-state index is 14.1. The number of ether oxygens (including phenoxy) is 2. The Morgan fingerprint density at radius 2 is 1.64 bits per heavy atom. The number of rotatable bonds is 28. The van der Waals surface area contributed by atoms with Gasteiger partial charge >= 0.3 is 0 Å². The number of likely N-dealkylation sites (tertiary alicyclic amines) is 1. The molecule has 80 heavy (non-hydrogen) atoms. The van der Waals surface area contributed by atoms with Crippen LogP contribution in [0.1, 0.15) is 92.3 Å². The molecule has 6 aromatic rings. The van der Waals surface area contributed by atoms with Crippen LogP contribution in [0, 0.1) is 24.0 Å². The van der Waals surface area contributed by atoms with Crippen LogP contribution in [0.3, 0.4) is 0 Å². The molecule has 1 aliphatic rings. The van der Waals surface area contributed by atoms with Gasteiger partial charge in [0.1, 0.15) is 42.3 Å². The van der Waals surface area contributed by atoms with Gasteiger partial charge < -0.3 is 50.2 Å². The molecular weight excluding hydrogens is 1050 g/mol. The fourth-order valence-corrected chi connectivity index (χ4v) is 9.86. The molecule has 0 bridgehead atoms. The summed E-state index contributed by atoms with van der Waals surface area (Å²) in [5.41, 5.74) is 5.19. The van der Waals surface area contributed by atoms with E-state index in [1.54, 1.807) is 65.3 Å². The van der Waals surface area contributed by atoms with E-state index in [1.165, 1.54) is 17.3 Å². The molecule has 1 fully saturated rings. The number of hydrogen-bond acceptors (Lipinski definition) is 15. The quantitative estimate of drug-likeness (QED) is 0.0342. The highest BCUT2D eigenvalue weighted by Crippen LogP contribution is 2.29. The van der Waals surface area contributed by atoms with E-state index in [1.807, 2.05) is 56.5 Å². The number of nitrogens with one attached hydrogen (secondary N) is 4. The number of β-amino-alcohol motifs (C(OH)–C–C–N with tert-alkyl or cyclic N) is 1. The number of halogens is 2. The first-order chi connectivity index (χ1) is 38.5. The summed E-state index contributed by atoms with van der Waals surface area (Å²) in [6, 6.07) is 17.9. The largest absolute Gasteiger partial charge is 0.391 e. The predicted octanol–water partition coefficient (Wildman–Crippen LogP) is 6.24. The Labute approximate surface area is 468 Å². The second-order valence-corrected chi connectivity index (χ2v) is 21.4. The summed E-state index contributed by atoms with van der Waals surface area (Å²) in [6.07, 6.45) is 5.35. The number of amides is 5. The SMILES string of the molecule is Cc1ncsc1-c1ccc(CNC(=O)[C@@H]2C[C@@H](O)CN2C(=O)C(NC(=O)COCCOCCCCCC(=O)N(C)CCCn2c(CNc3cccc(C(=O)NCc4c(F)cccc4F)c3)nnc2-c2ccncn2)C(C)(C)C)cc1. The lowest BCUT2D eigenvalue weighted by Gasteiger charge is -2.35. The Morgan fingerprint density at radius 1 is 0.875 bits per heavy atom. The van der Waals surface area contributed by atoms with Crippen LogP contribution < -0.4 is 21.3 Å². The number of unbranched alkanes of at least 4 members (excludes halogenated alkanes) is 2. The summed E-state index contributed by atoms with van der Waals surface area (Å²) < 4.78 is 41.5. The molecule has 3 atom stereocenters. The molecule has 5 N–H and O–H groups in total. The summed E-state index contributed by atoms with van der Waals surface area (Å²) in [5.74, 6) is -2.21. The molecule has 4 heterocycles. The highest BCUT2D eigenvalue weighted by Gasteiger charge is 2.44. The number of aliphatic hydroxyl groups excluding tert-OH is 1. The van der Waals surface area contributed by atoms with E-state index in [9.17, 15) is 37.9 Å². The van der Waals surface area contributed by atoms with E-state index < -0.39 is 53.0 Å². The van der Waals surface area contributed by atoms with Crippen molar-refractivity contribution in [3.05, 3.63) is 131 Å². The average Bonchev–Trinajstić information content (AvgIpc) is 4.20. The molecule has 426 valence electrons. The molecule has 1 saturated heterocycles. The first-order valence-corrected chi connectivity index (χ1v) is 27.5. The topological polar surface area (TPSA) is 248 Å². The summed E-state index contributed by atoms with van der Waals surface area (Å²) >= 11 is 1.56. The van der Waals surface area contributed by atoms with Crippen molar-refractivity contribution < 1.29 is 47.3 Å². The van der Waals surface area contributed by atoms with Crippen LogP contribution in [0.25, 0.3) is 22.0 Å². The van der Waals surface area contributed by atoms with Crippen molar-refractivity contribution in [2.75, 3.05) is 51.9 Å². The molecule has 1 aliphatic heterocycles. The Kier molecular flexibility index (Phi) is 21.8. The van der Waals surface area contributed by atoms with Crippen molar-refractivity contribution in [2.24, 2.45) is 5.41 Å². The van der Waals surface area contributed by atoms with Crippen molar-refractivity contribution in [3.8, 4) is 22.0 Å². The van der Waals surface area contributed by atoms with E-state index in [4.69, 9.17) is 9.47 Å². The summed E-state index contributed by atoms with van der Waals surface area (Å²) in [7, 11) is 1.77. The minimum absolute atomic E-state index is 0.0113. The van der Waals surface area contributed by atoms with Gasteiger partial charge in [-0.15, -0.1) is 21.5 Å². The summed E-state index contributed by atoms with van der Waals surface area (Å²) in [4.78, 5) is 83.4.